The van der Waals surface area contributed by atoms with Crippen LogP contribution in [0.15, 0.2) is 36.9 Å². The first kappa shape index (κ1) is 17.1. The van der Waals surface area contributed by atoms with Crippen LogP contribution in [0.4, 0.5) is 0 Å². The lowest BCUT2D eigenvalue weighted by Gasteiger charge is -2.33. The summed E-state index contributed by atoms with van der Waals surface area (Å²) in [5.74, 6) is 1.10. The molecule has 24 heavy (non-hydrogen) atoms. The Bertz CT molecular complexity index is 771. The zero-order valence-electron chi connectivity index (χ0n) is 14.2. The minimum atomic E-state index is -3.21. The van der Waals surface area contributed by atoms with E-state index in [1.165, 1.54) is 0 Å². The Kier molecular flexibility index (Phi) is 5.01. The fraction of sp³-hybridized carbons (Fsp3) is 0.529. The first-order valence-electron chi connectivity index (χ1n) is 8.37. The number of aromatic nitrogens is 3. The standard InChI is InChI=1S/C17H24N4O2S/c1-14(2)24(22,23)21-9-4-6-16(13-21)17-19-8-10-20(17)12-15-5-3-7-18-11-15/h3,5,7-8,10-11,14,16H,4,6,9,12-13H2,1-2H3/t16-/m1/s1. The topological polar surface area (TPSA) is 68.1 Å². The summed E-state index contributed by atoms with van der Waals surface area (Å²) in [4.78, 5) is 8.67. The van der Waals surface area contributed by atoms with Gasteiger partial charge in [-0.05, 0) is 38.3 Å². The van der Waals surface area contributed by atoms with Crippen molar-refractivity contribution in [3.05, 3.63) is 48.3 Å². The van der Waals surface area contributed by atoms with E-state index in [0.717, 1.165) is 24.2 Å². The van der Waals surface area contributed by atoms with Crippen molar-refractivity contribution in [1.29, 1.82) is 0 Å². The molecule has 1 saturated heterocycles. The van der Waals surface area contributed by atoms with Gasteiger partial charge in [0.15, 0.2) is 0 Å². The van der Waals surface area contributed by atoms with E-state index in [0.29, 0.717) is 19.6 Å². The van der Waals surface area contributed by atoms with Crippen molar-refractivity contribution in [3.63, 3.8) is 0 Å². The first-order valence-corrected chi connectivity index (χ1v) is 9.87. The highest BCUT2D eigenvalue weighted by Gasteiger charge is 2.33. The highest BCUT2D eigenvalue weighted by molar-refractivity contribution is 7.89. The molecule has 0 bridgehead atoms. The molecule has 0 radical (unpaired) electrons. The molecule has 3 heterocycles. The zero-order chi connectivity index (χ0) is 17.2. The predicted octanol–water partition coefficient (Wildman–Crippen LogP) is 2.24. The van der Waals surface area contributed by atoms with Crippen molar-refractivity contribution in [2.24, 2.45) is 0 Å². The molecule has 0 aromatic carbocycles. The number of nitrogens with zero attached hydrogens (tertiary/aromatic N) is 4. The summed E-state index contributed by atoms with van der Waals surface area (Å²) in [5.41, 5.74) is 1.11. The van der Waals surface area contributed by atoms with Gasteiger partial charge in [0.05, 0.1) is 11.8 Å². The normalized spacial score (nSPS) is 19.7. The number of hydrogen-bond acceptors (Lipinski definition) is 4. The van der Waals surface area contributed by atoms with E-state index in [9.17, 15) is 8.42 Å². The van der Waals surface area contributed by atoms with Crippen LogP contribution in [0.25, 0.3) is 0 Å². The minimum Gasteiger partial charge on any atom is -0.330 e. The molecule has 2 aromatic heterocycles. The van der Waals surface area contributed by atoms with E-state index in [-0.39, 0.29) is 11.2 Å². The summed E-state index contributed by atoms with van der Waals surface area (Å²) < 4.78 is 28.7. The molecule has 0 unspecified atom stereocenters. The molecular weight excluding hydrogens is 324 g/mol. The average molecular weight is 348 g/mol. The van der Waals surface area contributed by atoms with E-state index < -0.39 is 10.0 Å². The summed E-state index contributed by atoms with van der Waals surface area (Å²) in [6.45, 7) is 5.31. The second-order valence-corrected chi connectivity index (χ2v) is 9.05. The smallest absolute Gasteiger partial charge is 0.216 e. The van der Waals surface area contributed by atoms with E-state index in [1.807, 2.05) is 24.5 Å². The molecule has 2 aromatic rings. The fourth-order valence-corrected chi connectivity index (χ4v) is 4.55. The van der Waals surface area contributed by atoms with Crippen molar-refractivity contribution >= 4 is 10.0 Å². The summed E-state index contributed by atoms with van der Waals surface area (Å²) in [7, 11) is -3.21. The maximum atomic E-state index is 12.5. The van der Waals surface area contributed by atoms with Gasteiger partial charge < -0.3 is 4.57 Å². The maximum Gasteiger partial charge on any atom is 0.216 e. The molecule has 0 spiro atoms. The van der Waals surface area contributed by atoms with Crippen LogP contribution >= 0.6 is 0 Å². The van der Waals surface area contributed by atoms with E-state index >= 15 is 0 Å². The van der Waals surface area contributed by atoms with Crippen molar-refractivity contribution in [2.45, 2.75) is 44.4 Å². The van der Waals surface area contributed by atoms with Gasteiger partial charge in [0, 0.05) is 43.8 Å². The number of hydrogen-bond donors (Lipinski definition) is 0. The monoisotopic (exact) mass is 348 g/mol. The number of rotatable bonds is 5. The molecule has 6 nitrogen and oxygen atoms in total. The molecule has 0 amide bonds. The van der Waals surface area contributed by atoms with Crippen LogP contribution < -0.4 is 0 Å². The summed E-state index contributed by atoms with van der Waals surface area (Å²) >= 11 is 0. The van der Waals surface area contributed by atoms with Crippen molar-refractivity contribution < 1.29 is 8.42 Å². The molecule has 3 rings (SSSR count). The highest BCUT2D eigenvalue weighted by atomic mass is 32.2. The van der Waals surface area contributed by atoms with Gasteiger partial charge in [0.2, 0.25) is 10.0 Å². The second kappa shape index (κ2) is 7.03. The van der Waals surface area contributed by atoms with Crippen LogP contribution in [0, 0.1) is 0 Å². The Morgan fingerprint density at radius 1 is 1.33 bits per heavy atom. The Morgan fingerprint density at radius 2 is 2.17 bits per heavy atom. The van der Waals surface area contributed by atoms with E-state index in [4.69, 9.17) is 0 Å². The molecular formula is C17H24N4O2S. The second-order valence-electron chi connectivity index (χ2n) is 6.57. The molecule has 0 saturated carbocycles. The summed E-state index contributed by atoms with van der Waals surface area (Å²) in [6, 6.07) is 3.96. The minimum absolute atomic E-state index is 0.138. The molecule has 0 aliphatic carbocycles. The lowest BCUT2D eigenvalue weighted by Crippen LogP contribution is -2.42. The van der Waals surface area contributed by atoms with Crippen LogP contribution in [0.2, 0.25) is 0 Å². The van der Waals surface area contributed by atoms with Crippen LogP contribution in [0.5, 0.6) is 0 Å². The van der Waals surface area contributed by atoms with Gasteiger partial charge >= 0.3 is 0 Å². The average Bonchev–Trinajstić information content (AvgIpc) is 3.04. The number of piperidine rings is 1. The Balaban J connectivity index is 1.79. The van der Waals surface area contributed by atoms with Gasteiger partial charge in [-0.1, -0.05) is 6.07 Å². The third-order valence-electron chi connectivity index (χ3n) is 4.53. The zero-order valence-corrected chi connectivity index (χ0v) is 15.0. The Labute approximate surface area is 143 Å². The molecule has 130 valence electrons. The lowest BCUT2D eigenvalue weighted by atomic mass is 9.98. The van der Waals surface area contributed by atoms with Gasteiger partial charge in [-0.15, -0.1) is 0 Å². The summed E-state index contributed by atoms with van der Waals surface area (Å²) in [5, 5.41) is -0.383. The van der Waals surface area contributed by atoms with Crippen LogP contribution in [0.3, 0.4) is 0 Å². The predicted molar refractivity (Wildman–Crippen MR) is 93.2 cm³/mol. The van der Waals surface area contributed by atoms with Crippen LogP contribution in [-0.4, -0.2) is 45.6 Å². The van der Waals surface area contributed by atoms with Gasteiger partial charge in [0.1, 0.15) is 5.82 Å². The SMILES string of the molecule is CC(C)S(=O)(=O)N1CCC[C@@H](c2nccn2Cc2cccnc2)C1. The van der Waals surface area contributed by atoms with Gasteiger partial charge in [-0.25, -0.2) is 17.7 Å². The highest BCUT2D eigenvalue weighted by Crippen LogP contribution is 2.28. The van der Waals surface area contributed by atoms with Gasteiger partial charge in [-0.2, -0.15) is 0 Å². The number of sulfonamides is 1. The number of pyridine rings is 1. The summed E-state index contributed by atoms with van der Waals surface area (Å²) in [6.07, 6.45) is 9.19. The molecule has 7 heteroatoms. The molecule has 1 aliphatic heterocycles. The maximum absolute atomic E-state index is 12.5. The molecule has 0 N–H and O–H groups in total. The fourth-order valence-electron chi connectivity index (χ4n) is 3.19. The van der Waals surface area contributed by atoms with Gasteiger partial charge in [0.25, 0.3) is 0 Å². The third-order valence-corrected chi connectivity index (χ3v) is 6.77. The third kappa shape index (κ3) is 3.52. The Hall–Kier alpha value is -1.73. The quantitative estimate of drug-likeness (QED) is 0.831. The molecule has 1 fully saturated rings. The molecule has 1 atom stereocenters. The van der Waals surface area contributed by atoms with Crippen molar-refractivity contribution in [1.82, 2.24) is 18.8 Å². The largest absolute Gasteiger partial charge is 0.330 e. The van der Waals surface area contributed by atoms with Gasteiger partial charge in [-0.3, -0.25) is 4.98 Å². The van der Waals surface area contributed by atoms with Crippen molar-refractivity contribution in [2.75, 3.05) is 13.1 Å². The Morgan fingerprint density at radius 3 is 2.88 bits per heavy atom. The first-order chi connectivity index (χ1) is 11.5. The van der Waals surface area contributed by atoms with E-state index in [2.05, 4.69) is 14.5 Å². The van der Waals surface area contributed by atoms with Crippen molar-refractivity contribution in [3.8, 4) is 0 Å². The lowest BCUT2D eigenvalue weighted by molar-refractivity contribution is 0.303. The number of imidazole rings is 1. The molecule has 1 aliphatic rings. The van der Waals surface area contributed by atoms with E-state index in [1.54, 1.807) is 30.5 Å². The van der Waals surface area contributed by atoms with Crippen LogP contribution in [0.1, 0.15) is 44.0 Å². The van der Waals surface area contributed by atoms with Crippen LogP contribution in [-0.2, 0) is 16.6 Å².